The minimum absolute atomic E-state index is 0.0323. The van der Waals surface area contributed by atoms with E-state index in [4.69, 9.17) is 37.9 Å². The molecule has 4 saturated carbocycles. The van der Waals surface area contributed by atoms with Crippen LogP contribution in [-0.4, -0.2) is 210 Å². The van der Waals surface area contributed by atoms with Crippen molar-refractivity contribution in [2.75, 3.05) is 19.8 Å². The molecule has 9 aliphatic rings. The highest BCUT2D eigenvalue weighted by Gasteiger charge is 2.70. The number of hydrogen-bond donors (Lipinski definition) is 12. The molecule has 0 spiro atoms. The Labute approximate surface area is 430 Å². The first kappa shape index (κ1) is 56.7. The smallest absolute Gasteiger partial charge is 0.335 e. The highest BCUT2D eigenvalue weighted by molar-refractivity contribution is 5.79. The first-order valence-corrected chi connectivity index (χ1v) is 26.6. The summed E-state index contributed by atoms with van der Waals surface area (Å²) >= 11 is 0. The van der Waals surface area contributed by atoms with Crippen molar-refractivity contribution in [3.05, 3.63) is 11.6 Å². The van der Waals surface area contributed by atoms with Gasteiger partial charge in [0.1, 0.15) is 79.4 Å². The molecule has 0 aromatic heterocycles. The van der Waals surface area contributed by atoms with Crippen LogP contribution in [0, 0.1) is 50.2 Å². The number of carboxylic acids is 1. The van der Waals surface area contributed by atoms with Gasteiger partial charge in [0.25, 0.3) is 0 Å². The quantitative estimate of drug-likeness (QED) is 0.0734. The summed E-state index contributed by atoms with van der Waals surface area (Å²) < 4.78 is 48.0. The van der Waals surface area contributed by atoms with Gasteiger partial charge < -0.3 is 99.2 Å². The molecule has 9 rings (SSSR count). The van der Waals surface area contributed by atoms with Crippen LogP contribution in [0.2, 0.25) is 0 Å². The third-order valence-corrected chi connectivity index (χ3v) is 20.6. The molecule has 0 radical (unpaired) electrons. The molecule has 4 heterocycles. The highest BCUT2D eigenvalue weighted by Crippen LogP contribution is 2.76. The Morgan fingerprint density at radius 1 is 0.622 bits per heavy atom. The Hall–Kier alpha value is -2.04. The minimum Gasteiger partial charge on any atom is -0.479 e. The fourth-order valence-electron chi connectivity index (χ4n) is 15.9. The Morgan fingerprint density at radius 3 is 1.82 bits per heavy atom. The van der Waals surface area contributed by atoms with Crippen molar-refractivity contribution < 1.29 is 109 Å². The van der Waals surface area contributed by atoms with E-state index in [2.05, 4.69) is 54.5 Å². The second-order valence-electron chi connectivity index (χ2n) is 25.4. The molecule has 22 nitrogen and oxygen atoms in total. The molecule has 5 aliphatic carbocycles. The molecular weight excluding hydrogens is 977 g/mol. The van der Waals surface area contributed by atoms with Crippen LogP contribution >= 0.6 is 0 Å². The van der Waals surface area contributed by atoms with Gasteiger partial charge in [-0.2, -0.15) is 0 Å². The van der Waals surface area contributed by atoms with Crippen molar-refractivity contribution in [3.8, 4) is 0 Å². The predicted molar refractivity (Wildman–Crippen MR) is 251 cm³/mol. The maximum Gasteiger partial charge on any atom is 0.335 e. The molecule has 0 aromatic rings. The molecular formula is C52H82O22. The van der Waals surface area contributed by atoms with Gasteiger partial charge in [-0.25, -0.2) is 4.79 Å². The van der Waals surface area contributed by atoms with Crippen LogP contribution in [0.4, 0.5) is 0 Å². The predicted octanol–water partition coefficient (Wildman–Crippen LogP) is -0.665. The number of rotatable bonds is 10. The van der Waals surface area contributed by atoms with Crippen LogP contribution in [0.25, 0.3) is 0 Å². The van der Waals surface area contributed by atoms with E-state index in [-0.39, 0.29) is 39.4 Å². The number of fused-ring (bicyclic) bond motifs is 7. The number of ether oxygens (including phenoxy) is 8. The van der Waals surface area contributed by atoms with Gasteiger partial charge in [-0.15, -0.1) is 0 Å². The molecule has 22 heteroatoms. The van der Waals surface area contributed by atoms with Crippen LogP contribution in [0.3, 0.4) is 0 Å². The van der Waals surface area contributed by atoms with Crippen molar-refractivity contribution >= 4 is 11.9 Å². The van der Waals surface area contributed by atoms with Crippen LogP contribution in [0.15, 0.2) is 11.6 Å². The van der Waals surface area contributed by atoms with E-state index in [0.29, 0.717) is 32.1 Å². The average Bonchev–Trinajstić information content (AvgIpc) is 3.34. The maximum atomic E-state index is 14.8. The summed E-state index contributed by atoms with van der Waals surface area (Å²) in [6.45, 7) is 14.1. The fraction of sp³-hybridized carbons (Fsp3) is 0.923. The first-order chi connectivity index (χ1) is 34.6. The number of aliphatic carboxylic acids is 1. The molecule has 26 atom stereocenters. The summed E-state index contributed by atoms with van der Waals surface area (Å²) in [5, 5.41) is 127. The van der Waals surface area contributed by atoms with Crippen LogP contribution in [0.1, 0.15) is 113 Å². The summed E-state index contributed by atoms with van der Waals surface area (Å²) in [6.07, 6.45) is -22.0. The third-order valence-electron chi connectivity index (χ3n) is 20.6. The lowest BCUT2D eigenvalue weighted by molar-refractivity contribution is -0.386. The summed E-state index contributed by atoms with van der Waals surface area (Å²) in [6, 6.07) is 0. The van der Waals surface area contributed by atoms with Crippen molar-refractivity contribution in [3.63, 3.8) is 0 Å². The van der Waals surface area contributed by atoms with E-state index in [9.17, 15) is 70.9 Å². The Kier molecular flexibility index (Phi) is 15.5. The lowest BCUT2D eigenvalue weighted by Crippen LogP contribution is -2.68. The number of allylic oxidation sites excluding steroid dienone is 2. The lowest BCUT2D eigenvalue weighted by Gasteiger charge is -2.71. The van der Waals surface area contributed by atoms with Crippen molar-refractivity contribution in [2.24, 2.45) is 50.2 Å². The number of aliphatic hydroxyl groups excluding tert-OH is 11. The van der Waals surface area contributed by atoms with Crippen LogP contribution < -0.4 is 0 Å². The first-order valence-electron chi connectivity index (χ1n) is 26.6. The number of carbonyl (C=O) groups excluding carboxylic acids is 1. The number of carbonyl (C=O) groups is 2. The molecule has 0 aromatic carbocycles. The normalized spacial score (nSPS) is 53.0. The lowest BCUT2D eigenvalue weighted by atomic mass is 9.33. The largest absolute Gasteiger partial charge is 0.479 e. The van der Waals surface area contributed by atoms with Gasteiger partial charge in [-0.05, 0) is 109 Å². The van der Waals surface area contributed by atoms with E-state index in [1.165, 1.54) is 5.57 Å². The minimum atomic E-state index is -2.03. The van der Waals surface area contributed by atoms with Crippen LogP contribution in [-0.2, 0) is 47.5 Å². The Bertz CT molecular complexity index is 2090. The van der Waals surface area contributed by atoms with E-state index >= 15 is 0 Å². The van der Waals surface area contributed by atoms with Crippen molar-refractivity contribution in [1.29, 1.82) is 0 Å². The molecule has 8 fully saturated rings. The van der Waals surface area contributed by atoms with Gasteiger partial charge in [0.05, 0.1) is 31.3 Å². The second kappa shape index (κ2) is 20.3. The van der Waals surface area contributed by atoms with Crippen molar-refractivity contribution in [1.82, 2.24) is 0 Å². The molecule has 12 N–H and O–H groups in total. The van der Waals surface area contributed by atoms with E-state index in [1.54, 1.807) is 0 Å². The zero-order valence-electron chi connectivity index (χ0n) is 43.4. The van der Waals surface area contributed by atoms with Crippen molar-refractivity contribution in [2.45, 2.75) is 229 Å². The standard InChI is InChI=1S/C52H82O22/c1-47(2)14-16-52(46(66)74-44-36(62)33(59)32(58)26(19-53)69-44)17-15-50(6)22(23(52)18-47)8-9-28-49(5)12-11-29(48(3,4)27(49)10-13-51(28,50)7)70-45-40(73-43-35(61)31(57)25(55)21-68-43)38(37(63)39(72-45)41(64)65)71-42-34(60)30(56)24(54)20-67-42/h8,23-40,42-45,53-63H,9-21H2,1-7H3,(H,64,65)/t23-,24+,25+,26+,27-,28+,29-,30-,31-,32+,33-,34+,35+,36+,37-,38-,39-,40+,42-,43-,44-,45+,49-,50+,51+,52-/m0/s1. The molecule has 422 valence electrons. The van der Waals surface area contributed by atoms with E-state index in [1.807, 2.05) is 0 Å². The topological polar surface area (TPSA) is 351 Å². The monoisotopic (exact) mass is 1060 g/mol. The third kappa shape index (κ3) is 9.12. The zero-order valence-corrected chi connectivity index (χ0v) is 43.4. The van der Waals surface area contributed by atoms with Gasteiger partial charge in [0.2, 0.25) is 6.29 Å². The summed E-state index contributed by atoms with van der Waals surface area (Å²) in [5.41, 5.74) is -1.30. The Morgan fingerprint density at radius 2 is 1.22 bits per heavy atom. The summed E-state index contributed by atoms with van der Waals surface area (Å²) in [5.74, 6) is -2.11. The number of hydrogen-bond acceptors (Lipinski definition) is 21. The summed E-state index contributed by atoms with van der Waals surface area (Å²) in [4.78, 5) is 27.6. The number of carboxylic acid groups (broad SMARTS) is 1. The second-order valence-corrected chi connectivity index (χ2v) is 25.4. The van der Waals surface area contributed by atoms with E-state index in [0.717, 1.165) is 32.1 Å². The molecule has 0 unspecified atom stereocenters. The number of esters is 1. The van der Waals surface area contributed by atoms with Gasteiger partial charge in [0, 0.05) is 0 Å². The van der Waals surface area contributed by atoms with E-state index < -0.39 is 159 Å². The zero-order chi connectivity index (χ0) is 54.0. The molecule has 0 bridgehead atoms. The average molecular weight is 1060 g/mol. The fourth-order valence-corrected chi connectivity index (χ4v) is 15.9. The van der Waals surface area contributed by atoms with Gasteiger partial charge in [-0.3, -0.25) is 4.79 Å². The number of aliphatic hydroxyl groups is 11. The maximum absolute atomic E-state index is 14.8. The highest BCUT2D eigenvalue weighted by atomic mass is 16.8. The molecule has 74 heavy (non-hydrogen) atoms. The summed E-state index contributed by atoms with van der Waals surface area (Å²) in [7, 11) is 0. The molecule has 0 amide bonds. The van der Waals surface area contributed by atoms with Gasteiger partial charge in [0.15, 0.2) is 25.0 Å². The molecule has 4 saturated heterocycles. The SMILES string of the molecule is CC1(C)CC[C@]2(C(=O)O[C@@H]3O[C@H](CO)[C@@H](O)[C@H](O)[C@H]3O)CC[C@]3(C)C(=CC[C@@H]4[C@@]5(C)CC[C@H](O[C@@H]6O[C@H](C(=O)O)[C@@H](O)[C@H](O[C@@H]7OC[C@@H](O)[C@H](O)[C@H]7O)[C@H]6O[C@@H]6OC[C@@H](O)[C@H](O)[C@H]6O)C(C)(C)[C@@H]5CC[C@]43C)[C@@H]2C1. The molecule has 4 aliphatic heterocycles. The van der Waals surface area contributed by atoms with Gasteiger partial charge >= 0.3 is 11.9 Å². The van der Waals surface area contributed by atoms with Gasteiger partial charge in [-0.1, -0.05) is 60.1 Å². The van der Waals surface area contributed by atoms with Crippen LogP contribution in [0.5, 0.6) is 0 Å². The Balaban J connectivity index is 0.991.